The van der Waals surface area contributed by atoms with Crippen LogP contribution >= 0.6 is 0 Å². The van der Waals surface area contributed by atoms with Crippen LogP contribution in [0.2, 0.25) is 0 Å². The van der Waals surface area contributed by atoms with E-state index in [1.165, 1.54) is 17.2 Å². The number of ether oxygens (including phenoxy) is 1. The molecule has 1 aliphatic heterocycles. The molecule has 0 radical (unpaired) electrons. The molecular weight excluding hydrogens is 408 g/mol. The summed E-state index contributed by atoms with van der Waals surface area (Å²) in [7, 11) is 0. The summed E-state index contributed by atoms with van der Waals surface area (Å²) in [5.74, 6) is -0.990. The molecule has 7 nitrogen and oxygen atoms in total. The van der Waals surface area contributed by atoms with E-state index in [9.17, 15) is 19.5 Å². The Kier molecular flexibility index (Phi) is 4.96. The summed E-state index contributed by atoms with van der Waals surface area (Å²) >= 11 is 0. The smallest absolute Gasteiger partial charge is 0.407 e. The van der Waals surface area contributed by atoms with E-state index < -0.39 is 17.5 Å². The number of carboxylic acid groups (broad SMARTS) is 1. The van der Waals surface area contributed by atoms with Crippen molar-refractivity contribution in [3.63, 3.8) is 0 Å². The van der Waals surface area contributed by atoms with Crippen molar-refractivity contribution in [2.24, 2.45) is 11.3 Å². The lowest BCUT2D eigenvalue weighted by Crippen LogP contribution is -2.33. The van der Waals surface area contributed by atoms with Crippen molar-refractivity contribution in [1.82, 2.24) is 10.2 Å². The fourth-order valence-electron chi connectivity index (χ4n) is 5.04. The van der Waals surface area contributed by atoms with Gasteiger partial charge in [-0.1, -0.05) is 54.6 Å². The maximum Gasteiger partial charge on any atom is 0.407 e. The first-order chi connectivity index (χ1) is 15.5. The molecule has 1 saturated heterocycles. The highest BCUT2D eigenvalue weighted by Crippen LogP contribution is 2.57. The second kappa shape index (κ2) is 7.82. The van der Waals surface area contributed by atoms with Gasteiger partial charge in [0.2, 0.25) is 5.91 Å². The first kappa shape index (κ1) is 20.3. The summed E-state index contributed by atoms with van der Waals surface area (Å²) in [4.78, 5) is 37.3. The molecule has 1 saturated carbocycles. The third-order valence-electron chi connectivity index (χ3n) is 6.85. The lowest BCUT2D eigenvalue weighted by molar-refractivity contribution is -0.143. The Labute approximate surface area is 185 Å². The Morgan fingerprint density at radius 1 is 1.09 bits per heavy atom. The Bertz CT molecular complexity index is 1080. The van der Waals surface area contributed by atoms with Crippen molar-refractivity contribution in [1.29, 1.82) is 0 Å². The van der Waals surface area contributed by atoms with Crippen molar-refractivity contribution in [2.45, 2.75) is 12.3 Å². The molecule has 2 unspecified atom stereocenters. The zero-order valence-corrected chi connectivity index (χ0v) is 17.5. The third-order valence-corrected chi connectivity index (χ3v) is 6.85. The molecule has 2 aliphatic carbocycles. The van der Waals surface area contributed by atoms with Crippen molar-refractivity contribution >= 4 is 18.0 Å². The molecule has 0 bridgehead atoms. The minimum absolute atomic E-state index is 0.00609. The number of fused-ring (bicyclic) bond motifs is 4. The first-order valence-electron chi connectivity index (χ1n) is 10.8. The summed E-state index contributed by atoms with van der Waals surface area (Å²) < 4.78 is 5.46. The van der Waals surface area contributed by atoms with E-state index in [0.717, 1.165) is 11.1 Å². The fraction of sp³-hybridized carbons (Fsp3) is 0.320. The molecule has 7 heteroatoms. The monoisotopic (exact) mass is 432 g/mol. The standard InChI is InChI=1S/C25H24N2O5/c28-22(27-13-16-12-25(16,15-27)23(29)30)10-5-11-26-24(31)32-14-21-19-8-3-1-6-17(19)18-7-2-4-9-20(18)21/h1-10,16,21H,11-15H2,(H,26,31)(H,29,30)/b10-5+. The summed E-state index contributed by atoms with van der Waals surface area (Å²) in [6, 6.07) is 16.3. The number of benzene rings is 2. The number of carbonyl (C=O) groups is 3. The molecule has 2 N–H and O–H groups in total. The van der Waals surface area contributed by atoms with E-state index in [2.05, 4.69) is 29.6 Å². The average molecular weight is 432 g/mol. The van der Waals surface area contributed by atoms with Crippen molar-refractivity contribution in [3.8, 4) is 11.1 Å². The number of likely N-dealkylation sites (tertiary alicyclic amines) is 1. The Hall–Kier alpha value is -3.61. The molecule has 2 aromatic carbocycles. The quantitative estimate of drug-likeness (QED) is 0.684. The lowest BCUT2D eigenvalue weighted by Gasteiger charge is -2.17. The Morgan fingerprint density at radius 2 is 1.75 bits per heavy atom. The van der Waals surface area contributed by atoms with Gasteiger partial charge in [0, 0.05) is 31.6 Å². The van der Waals surface area contributed by atoms with E-state index in [0.29, 0.717) is 13.0 Å². The van der Waals surface area contributed by atoms with Gasteiger partial charge in [0.15, 0.2) is 0 Å². The van der Waals surface area contributed by atoms with Crippen molar-refractivity contribution < 1.29 is 24.2 Å². The SMILES string of the molecule is O=C(NC/C=C/C(=O)N1CC2CC2(C(=O)O)C1)OCC1c2ccccc2-c2ccccc21. The summed E-state index contributed by atoms with van der Waals surface area (Å²) in [5.41, 5.74) is 3.90. The summed E-state index contributed by atoms with van der Waals surface area (Å²) in [6.45, 7) is 1.13. The molecule has 0 aromatic heterocycles. The lowest BCUT2D eigenvalue weighted by atomic mass is 9.98. The molecule has 2 fully saturated rings. The van der Waals surface area contributed by atoms with Gasteiger partial charge < -0.3 is 20.1 Å². The number of hydrogen-bond acceptors (Lipinski definition) is 4. The van der Waals surface area contributed by atoms with E-state index in [-0.39, 0.29) is 37.4 Å². The topological polar surface area (TPSA) is 95.9 Å². The Balaban J connectivity index is 1.10. The van der Waals surface area contributed by atoms with E-state index in [4.69, 9.17) is 4.74 Å². The highest BCUT2D eigenvalue weighted by atomic mass is 16.5. The normalized spacial score (nSPS) is 22.9. The van der Waals surface area contributed by atoms with Gasteiger partial charge in [-0.2, -0.15) is 0 Å². The molecule has 1 heterocycles. The fourth-order valence-corrected chi connectivity index (χ4v) is 5.04. The molecule has 2 aromatic rings. The molecule has 2 atom stereocenters. The Morgan fingerprint density at radius 3 is 2.38 bits per heavy atom. The number of alkyl carbamates (subject to hydrolysis) is 1. The second-order valence-electron chi connectivity index (χ2n) is 8.69. The zero-order chi connectivity index (χ0) is 22.3. The van der Waals surface area contributed by atoms with Crippen LogP contribution in [0.15, 0.2) is 60.7 Å². The van der Waals surface area contributed by atoms with Crippen molar-refractivity contribution in [2.75, 3.05) is 26.2 Å². The van der Waals surface area contributed by atoms with E-state index in [1.54, 1.807) is 11.0 Å². The van der Waals surface area contributed by atoms with Crippen LogP contribution in [0.1, 0.15) is 23.5 Å². The summed E-state index contributed by atoms with van der Waals surface area (Å²) in [6.07, 6.45) is 3.04. The van der Waals surface area contributed by atoms with Crippen molar-refractivity contribution in [3.05, 3.63) is 71.8 Å². The molecule has 2 amide bonds. The minimum atomic E-state index is -0.821. The molecule has 32 heavy (non-hydrogen) atoms. The third kappa shape index (κ3) is 3.43. The van der Waals surface area contributed by atoms with Crippen LogP contribution in [-0.4, -0.2) is 54.2 Å². The van der Waals surface area contributed by atoms with Crippen LogP contribution in [0.25, 0.3) is 11.1 Å². The molecule has 0 spiro atoms. The van der Waals surface area contributed by atoms with Gasteiger partial charge in [0.25, 0.3) is 0 Å². The van der Waals surface area contributed by atoms with Crippen LogP contribution in [0.4, 0.5) is 4.79 Å². The number of piperidine rings is 1. The maximum atomic E-state index is 12.3. The number of carboxylic acids is 1. The van der Waals surface area contributed by atoms with E-state index >= 15 is 0 Å². The van der Waals surface area contributed by atoms with Crippen LogP contribution < -0.4 is 5.32 Å². The predicted molar refractivity (Wildman–Crippen MR) is 117 cm³/mol. The molecule has 5 rings (SSSR count). The first-order valence-corrected chi connectivity index (χ1v) is 10.8. The number of rotatable bonds is 6. The van der Waals surface area contributed by atoms with Gasteiger partial charge in [0.1, 0.15) is 6.61 Å². The van der Waals surface area contributed by atoms with Crippen LogP contribution in [0.3, 0.4) is 0 Å². The maximum absolute atomic E-state index is 12.3. The molecule has 3 aliphatic rings. The number of carbonyl (C=O) groups excluding carboxylic acids is 2. The van der Waals surface area contributed by atoms with Crippen LogP contribution in [0.5, 0.6) is 0 Å². The van der Waals surface area contributed by atoms with Gasteiger partial charge in [-0.05, 0) is 34.6 Å². The zero-order valence-electron chi connectivity index (χ0n) is 17.5. The highest BCUT2D eigenvalue weighted by molar-refractivity contribution is 5.90. The minimum Gasteiger partial charge on any atom is -0.481 e. The van der Waals surface area contributed by atoms with Gasteiger partial charge in [-0.25, -0.2) is 4.79 Å². The number of nitrogens with zero attached hydrogens (tertiary/aromatic N) is 1. The second-order valence-corrected chi connectivity index (χ2v) is 8.69. The predicted octanol–water partition coefficient (Wildman–Crippen LogP) is 3.01. The van der Waals surface area contributed by atoms with Gasteiger partial charge in [0.05, 0.1) is 5.41 Å². The highest BCUT2D eigenvalue weighted by Gasteiger charge is 2.66. The van der Waals surface area contributed by atoms with Gasteiger partial charge >= 0.3 is 12.1 Å². The van der Waals surface area contributed by atoms with Crippen LogP contribution in [0, 0.1) is 11.3 Å². The number of amides is 2. The number of hydrogen-bond donors (Lipinski definition) is 2. The van der Waals surface area contributed by atoms with Gasteiger partial charge in [-0.3, -0.25) is 9.59 Å². The average Bonchev–Trinajstić information content (AvgIpc) is 3.23. The van der Waals surface area contributed by atoms with Crippen LogP contribution in [-0.2, 0) is 14.3 Å². The molecular formula is C25H24N2O5. The number of nitrogens with one attached hydrogen (secondary N) is 1. The molecule has 164 valence electrons. The van der Waals surface area contributed by atoms with E-state index in [1.807, 2.05) is 24.3 Å². The summed E-state index contributed by atoms with van der Waals surface area (Å²) in [5, 5.41) is 11.9. The largest absolute Gasteiger partial charge is 0.481 e. The van der Waals surface area contributed by atoms with Gasteiger partial charge in [-0.15, -0.1) is 0 Å². The number of aliphatic carboxylic acids is 1.